The Bertz CT molecular complexity index is 651. The standard InChI is InChI=1S/C13H17N5OS/c1-3-18-11(10(14)7(2)17-18)12(19)16-13-15-8-5-4-6-9(8)20-13/h3-6,14H2,1-2H3,(H,15,16,19). The highest BCUT2D eigenvalue weighted by atomic mass is 32.1. The molecule has 2 aromatic heterocycles. The first kappa shape index (κ1) is 13.1. The smallest absolute Gasteiger partial charge is 0.277 e. The molecule has 0 aromatic carbocycles. The fourth-order valence-corrected chi connectivity index (χ4v) is 3.51. The number of aryl methyl sites for hydroxylation is 4. The summed E-state index contributed by atoms with van der Waals surface area (Å²) in [5.41, 5.74) is 8.60. The molecule has 0 bridgehead atoms. The van der Waals surface area contributed by atoms with Crippen molar-refractivity contribution in [3.8, 4) is 0 Å². The highest BCUT2D eigenvalue weighted by molar-refractivity contribution is 7.16. The fourth-order valence-electron chi connectivity index (χ4n) is 2.46. The molecule has 0 spiro atoms. The number of hydrogen-bond acceptors (Lipinski definition) is 5. The van der Waals surface area contributed by atoms with Gasteiger partial charge in [0.1, 0.15) is 5.69 Å². The maximum atomic E-state index is 12.4. The third-order valence-corrected chi connectivity index (χ3v) is 4.58. The Morgan fingerprint density at radius 2 is 2.30 bits per heavy atom. The summed E-state index contributed by atoms with van der Waals surface area (Å²) in [6, 6.07) is 0. The number of nitrogens with one attached hydrogen (secondary N) is 1. The lowest BCUT2D eigenvalue weighted by molar-refractivity contribution is 0.101. The molecule has 0 aliphatic heterocycles. The van der Waals surface area contributed by atoms with Gasteiger partial charge >= 0.3 is 0 Å². The van der Waals surface area contributed by atoms with E-state index in [2.05, 4.69) is 15.4 Å². The summed E-state index contributed by atoms with van der Waals surface area (Å²) in [6.45, 7) is 4.34. The number of rotatable bonds is 3. The van der Waals surface area contributed by atoms with Crippen LogP contribution in [-0.2, 0) is 19.4 Å². The highest BCUT2D eigenvalue weighted by Crippen LogP contribution is 2.31. The van der Waals surface area contributed by atoms with Crippen LogP contribution in [0.5, 0.6) is 0 Å². The maximum Gasteiger partial charge on any atom is 0.277 e. The molecule has 1 aliphatic carbocycles. The molecule has 6 nitrogen and oxygen atoms in total. The van der Waals surface area contributed by atoms with E-state index in [1.54, 1.807) is 22.9 Å². The van der Waals surface area contributed by atoms with Gasteiger partial charge in [-0.2, -0.15) is 5.10 Å². The van der Waals surface area contributed by atoms with E-state index in [0.717, 1.165) is 25.0 Å². The number of amides is 1. The second-order valence-electron chi connectivity index (χ2n) is 4.86. The Labute approximate surface area is 121 Å². The molecule has 106 valence electrons. The quantitative estimate of drug-likeness (QED) is 0.905. The minimum Gasteiger partial charge on any atom is -0.395 e. The van der Waals surface area contributed by atoms with Gasteiger partial charge in [0.25, 0.3) is 5.91 Å². The monoisotopic (exact) mass is 291 g/mol. The molecule has 3 rings (SSSR count). The van der Waals surface area contributed by atoms with Crippen LogP contribution < -0.4 is 11.1 Å². The molecule has 0 atom stereocenters. The number of nitrogens with zero attached hydrogens (tertiary/aromatic N) is 3. The summed E-state index contributed by atoms with van der Waals surface area (Å²) in [5.74, 6) is -0.239. The molecule has 0 unspecified atom stereocenters. The number of hydrogen-bond donors (Lipinski definition) is 2. The van der Waals surface area contributed by atoms with Gasteiger partial charge in [-0.1, -0.05) is 0 Å². The van der Waals surface area contributed by atoms with E-state index in [-0.39, 0.29) is 5.91 Å². The Balaban J connectivity index is 1.85. The van der Waals surface area contributed by atoms with Crippen LogP contribution in [0, 0.1) is 6.92 Å². The zero-order valence-electron chi connectivity index (χ0n) is 11.6. The van der Waals surface area contributed by atoms with Crippen molar-refractivity contribution in [3.05, 3.63) is 22.0 Å². The van der Waals surface area contributed by atoms with Crippen molar-refractivity contribution >= 4 is 28.1 Å². The van der Waals surface area contributed by atoms with Crippen molar-refractivity contribution in [2.45, 2.75) is 39.7 Å². The minimum absolute atomic E-state index is 0.239. The Morgan fingerprint density at radius 1 is 1.50 bits per heavy atom. The molecular weight excluding hydrogens is 274 g/mol. The maximum absolute atomic E-state index is 12.4. The van der Waals surface area contributed by atoms with E-state index in [1.807, 2.05) is 6.92 Å². The Kier molecular flexibility index (Phi) is 3.21. The van der Waals surface area contributed by atoms with Gasteiger partial charge in [0.15, 0.2) is 5.13 Å². The average molecular weight is 291 g/mol. The first-order valence-electron chi connectivity index (χ1n) is 6.73. The van der Waals surface area contributed by atoms with Crippen molar-refractivity contribution < 1.29 is 4.79 Å². The molecule has 20 heavy (non-hydrogen) atoms. The van der Waals surface area contributed by atoms with E-state index >= 15 is 0 Å². The topological polar surface area (TPSA) is 85.8 Å². The van der Waals surface area contributed by atoms with Crippen LogP contribution >= 0.6 is 11.3 Å². The van der Waals surface area contributed by atoms with E-state index in [9.17, 15) is 4.79 Å². The first-order valence-corrected chi connectivity index (χ1v) is 7.54. The van der Waals surface area contributed by atoms with Gasteiger partial charge < -0.3 is 5.73 Å². The lowest BCUT2D eigenvalue weighted by Crippen LogP contribution is -2.18. The minimum atomic E-state index is -0.239. The van der Waals surface area contributed by atoms with Gasteiger partial charge in [0.05, 0.1) is 17.1 Å². The van der Waals surface area contributed by atoms with Crippen molar-refractivity contribution in [2.24, 2.45) is 0 Å². The number of anilines is 2. The third kappa shape index (κ3) is 2.07. The Morgan fingerprint density at radius 3 is 3.00 bits per heavy atom. The van der Waals surface area contributed by atoms with Gasteiger partial charge in [-0.3, -0.25) is 14.8 Å². The molecular formula is C13H17N5OS. The molecule has 1 aliphatic rings. The lowest BCUT2D eigenvalue weighted by Gasteiger charge is -2.05. The van der Waals surface area contributed by atoms with E-state index in [1.165, 1.54) is 4.88 Å². The van der Waals surface area contributed by atoms with Crippen molar-refractivity contribution in [1.82, 2.24) is 14.8 Å². The second-order valence-corrected chi connectivity index (χ2v) is 5.94. The van der Waals surface area contributed by atoms with E-state index < -0.39 is 0 Å². The number of thiazole rings is 1. The fraction of sp³-hybridized carbons (Fsp3) is 0.462. The normalized spacial score (nSPS) is 13.5. The highest BCUT2D eigenvalue weighted by Gasteiger charge is 2.22. The predicted molar refractivity (Wildman–Crippen MR) is 79.1 cm³/mol. The van der Waals surface area contributed by atoms with Crippen LogP contribution in [0.3, 0.4) is 0 Å². The number of carbonyl (C=O) groups excluding carboxylic acids is 1. The molecule has 0 radical (unpaired) electrons. The van der Waals surface area contributed by atoms with Crippen molar-refractivity contribution in [2.75, 3.05) is 11.1 Å². The number of nitrogens with two attached hydrogens (primary N) is 1. The van der Waals surface area contributed by atoms with Crippen LogP contribution in [0.25, 0.3) is 0 Å². The van der Waals surface area contributed by atoms with Gasteiger partial charge in [0.2, 0.25) is 0 Å². The molecule has 3 N–H and O–H groups in total. The predicted octanol–water partition coefficient (Wildman–Crippen LogP) is 1.99. The lowest BCUT2D eigenvalue weighted by atomic mass is 10.3. The molecule has 0 saturated heterocycles. The number of carbonyl (C=O) groups is 1. The first-order chi connectivity index (χ1) is 9.60. The average Bonchev–Trinajstić information content (AvgIpc) is 3.04. The summed E-state index contributed by atoms with van der Waals surface area (Å²) >= 11 is 1.56. The summed E-state index contributed by atoms with van der Waals surface area (Å²) in [4.78, 5) is 18.1. The number of nitrogen functional groups attached to an aromatic ring is 1. The van der Waals surface area contributed by atoms with Crippen LogP contribution in [0.2, 0.25) is 0 Å². The molecule has 7 heteroatoms. The molecule has 2 aromatic rings. The van der Waals surface area contributed by atoms with Gasteiger partial charge in [0, 0.05) is 11.4 Å². The molecule has 2 heterocycles. The summed E-state index contributed by atoms with van der Waals surface area (Å²) < 4.78 is 1.63. The van der Waals surface area contributed by atoms with Gasteiger partial charge in [-0.25, -0.2) is 4.98 Å². The largest absolute Gasteiger partial charge is 0.395 e. The number of fused-ring (bicyclic) bond motifs is 1. The second kappa shape index (κ2) is 4.90. The van der Waals surface area contributed by atoms with Crippen LogP contribution in [0.4, 0.5) is 10.8 Å². The zero-order valence-corrected chi connectivity index (χ0v) is 12.4. The summed E-state index contributed by atoms with van der Waals surface area (Å²) in [6.07, 6.45) is 3.24. The van der Waals surface area contributed by atoms with Crippen molar-refractivity contribution in [3.63, 3.8) is 0 Å². The number of aromatic nitrogens is 3. The van der Waals surface area contributed by atoms with Crippen LogP contribution in [0.1, 0.15) is 40.1 Å². The SMILES string of the molecule is CCn1nc(C)c(N)c1C(=O)Nc1nc2c(s1)CCC2. The van der Waals surface area contributed by atoms with Gasteiger partial charge in [-0.15, -0.1) is 11.3 Å². The van der Waals surface area contributed by atoms with Crippen molar-refractivity contribution in [1.29, 1.82) is 0 Å². The van der Waals surface area contributed by atoms with E-state index in [4.69, 9.17) is 5.73 Å². The molecule has 1 amide bonds. The third-order valence-electron chi connectivity index (χ3n) is 3.50. The molecule has 0 fully saturated rings. The van der Waals surface area contributed by atoms with E-state index in [0.29, 0.717) is 28.8 Å². The zero-order chi connectivity index (χ0) is 14.3. The van der Waals surface area contributed by atoms with Crippen LogP contribution in [0.15, 0.2) is 0 Å². The summed E-state index contributed by atoms with van der Waals surface area (Å²) in [7, 11) is 0. The summed E-state index contributed by atoms with van der Waals surface area (Å²) in [5, 5.41) is 7.75. The van der Waals surface area contributed by atoms with Gasteiger partial charge in [-0.05, 0) is 33.1 Å². The Hall–Kier alpha value is -1.89. The molecule has 0 saturated carbocycles. The van der Waals surface area contributed by atoms with Crippen LogP contribution in [-0.4, -0.2) is 20.7 Å².